The standard InChI is InChI=1S/C23H19N5O/c1-27-12-18-6-4-16(8-20(18)13-27)23(29)26-22-9-19-7-15(3-5-17(19)10-25-22)21-11-24-14-28(21)2/h3-14H,1-2H3,(H,25,26,29). The number of hydrogen-bond donors (Lipinski definition) is 1. The van der Waals surface area contributed by atoms with E-state index in [1.807, 2.05) is 78.2 Å². The van der Waals surface area contributed by atoms with Gasteiger partial charge in [-0.25, -0.2) is 9.97 Å². The number of nitrogens with zero attached hydrogens (tertiary/aromatic N) is 4. The van der Waals surface area contributed by atoms with E-state index in [1.54, 1.807) is 12.5 Å². The van der Waals surface area contributed by atoms with Crippen molar-refractivity contribution in [3.05, 3.63) is 79.1 Å². The average molecular weight is 381 g/mol. The largest absolute Gasteiger partial charge is 0.356 e. The zero-order valence-electron chi connectivity index (χ0n) is 16.1. The van der Waals surface area contributed by atoms with Crippen LogP contribution in [-0.2, 0) is 14.1 Å². The number of anilines is 1. The van der Waals surface area contributed by atoms with Crippen LogP contribution in [0.25, 0.3) is 32.8 Å². The molecule has 29 heavy (non-hydrogen) atoms. The van der Waals surface area contributed by atoms with E-state index in [4.69, 9.17) is 0 Å². The molecule has 0 atom stereocenters. The molecule has 2 aromatic carbocycles. The number of imidazole rings is 1. The molecule has 3 heterocycles. The molecule has 5 aromatic rings. The molecule has 0 saturated carbocycles. The highest BCUT2D eigenvalue weighted by Gasteiger charge is 2.10. The number of carbonyl (C=O) groups excluding carboxylic acids is 1. The minimum atomic E-state index is -0.176. The summed E-state index contributed by atoms with van der Waals surface area (Å²) in [6.45, 7) is 0. The molecule has 0 fully saturated rings. The smallest absolute Gasteiger partial charge is 0.256 e. The number of nitrogens with one attached hydrogen (secondary N) is 1. The molecule has 3 aromatic heterocycles. The Morgan fingerprint density at radius 1 is 0.897 bits per heavy atom. The first-order valence-electron chi connectivity index (χ1n) is 9.30. The monoisotopic (exact) mass is 381 g/mol. The van der Waals surface area contributed by atoms with Gasteiger partial charge in [0.1, 0.15) is 5.82 Å². The topological polar surface area (TPSA) is 64.7 Å². The van der Waals surface area contributed by atoms with Crippen LogP contribution in [0.3, 0.4) is 0 Å². The van der Waals surface area contributed by atoms with Crippen LogP contribution in [0.1, 0.15) is 10.4 Å². The van der Waals surface area contributed by atoms with Crippen molar-refractivity contribution in [2.45, 2.75) is 0 Å². The number of carbonyl (C=O) groups is 1. The third kappa shape index (κ3) is 3.14. The predicted octanol–water partition coefficient (Wildman–Crippen LogP) is 4.38. The number of aromatic nitrogens is 4. The van der Waals surface area contributed by atoms with Crippen molar-refractivity contribution < 1.29 is 4.79 Å². The van der Waals surface area contributed by atoms with Crippen molar-refractivity contribution >= 4 is 33.3 Å². The lowest BCUT2D eigenvalue weighted by atomic mass is 10.1. The second-order valence-electron chi connectivity index (χ2n) is 7.24. The van der Waals surface area contributed by atoms with Gasteiger partial charge in [0.2, 0.25) is 0 Å². The number of aryl methyl sites for hydroxylation is 2. The van der Waals surface area contributed by atoms with E-state index < -0.39 is 0 Å². The molecule has 0 aliphatic carbocycles. The van der Waals surface area contributed by atoms with Gasteiger partial charge in [-0.1, -0.05) is 18.2 Å². The van der Waals surface area contributed by atoms with Crippen LogP contribution in [0.5, 0.6) is 0 Å². The number of amides is 1. The average Bonchev–Trinajstić information content (AvgIpc) is 3.31. The molecule has 1 N–H and O–H groups in total. The normalized spacial score (nSPS) is 11.2. The SMILES string of the molecule is Cn1cc2ccc(C(=O)Nc3cc4cc(-c5cncn5C)ccc4cn3)cc2c1. The maximum atomic E-state index is 12.7. The van der Waals surface area contributed by atoms with Crippen LogP contribution in [0.4, 0.5) is 5.82 Å². The summed E-state index contributed by atoms with van der Waals surface area (Å²) in [6.07, 6.45) is 9.42. The third-order valence-corrected chi connectivity index (χ3v) is 5.11. The highest BCUT2D eigenvalue weighted by molar-refractivity contribution is 6.06. The molecule has 0 radical (unpaired) electrons. The maximum absolute atomic E-state index is 12.7. The van der Waals surface area contributed by atoms with Crippen molar-refractivity contribution in [3.8, 4) is 11.3 Å². The molecule has 5 rings (SSSR count). The van der Waals surface area contributed by atoms with Gasteiger partial charge in [0, 0.05) is 54.6 Å². The van der Waals surface area contributed by atoms with Crippen molar-refractivity contribution in [1.29, 1.82) is 0 Å². The van der Waals surface area contributed by atoms with Gasteiger partial charge in [-0.05, 0) is 35.0 Å². The Kier molecular flexibility index (Phi) is 3.91. The Balaban J connectivity index is 1.45. The van der Waals surface area contributed by atoms with Crippen LogP contribution < -0.4 is 5.32 Å². The second kappa shape index (κ2) is 6.60. The summed E-state index contributed by atoms with van der Waals surface area (Å²) in [5.74, 6) is 0.350. The first kappa shape index (κ1) is 17.2. The van der Waals surface area contributed by atoms with Crippen molar-refractivity contribution in [1.82, 2.24) is 19.1 Å². The van der Waals surface area contributed by atoms with Crippen molar-refractivity contribution in [2.75, 3.05) is 5.32 Å². The van der Waals surface area contributed by atoms with Gasteiger partial charge in [0.05, 0.1) is 18.2 Å². The minimum Gasteiger partial charge on any atom is -0.356 e. The number of benzene rings is 2. The van der Waals surface area contributed by atoms with E-state index in [0.717, 1.165) is 32.8 Å². The highest BCUT2D eigenvalue weighted by Crippen LogP contribution is 2.25. The van der Waals surface area contributed by atoms with Crippen LogP contribution in [0, 0.1) is 0 Å². The number of rotatable bonds is 3. The first-order chi connectivity index (χ1) is 14.1. The summed E-state index contributed by atoms with van der Waals surface area (Å²) in [4.78, 5) is 21.3. The molecule has 1 amide bonds. The van der Waals surface area contributed by atoms with Gasteiger partial charge in [0.25, 0.3) is 5.91 Å². The second-order valence-corrected chi connectivity index (χ2v) is 7.24. The molecular weight excluding hydrogens is 362 g/mol. The summed E-state index contributed by atoms with van der Waals surface area (Å²) >= 11 is 0. The van der Waals surface area contributed by atoms with Crippen LogP contribution >= 0.6 is 0 Å². The lowest BCUT2D eigenvalue weighted by Crippen LogP contribution is -2.12. The molecule has 0 aliphatic heterocycles. The first-order valence-corrected chi connectivity index (χ1v) is 9.30. The Morgan fingerprint density at radius 2 is 1.72 bits per heavy atom. The van der Waals surface area contributed by atoms with Gasteiger partial charge in [-0.15, -0.1) is 0 Å². The van der Waals surface area contributed by atoms with E-state index >= 15 is 0 Å². The highest BCUT2D eigenvalue weighted by atomic mass is 16.1. The van der Waals surface area contributed by atoms with Gasteiger partial charge in [-0.3, -0.25) is 4.79 Å². The zero-order valence-corrected chi connectivity index (χ0v) is 16.1. The molecular formula is C23H19N5O. The summed E-state index contributed by atoms with van der Waals surface area (Å²) < 4.78 is 3.96. The predicted molar refractivity (Wildman–Crippen MR) is 115 cm³/mol. The summed E-state index contributed by atoms with van der Waals surface area (Å²) in [6, 6.07) is 13.7. The van der Waals surface area contributed by atoms with Crippen molar-refractivity contribution in [2.24, 2.45) is 14.1 Å². The lowest BCUT2D eigenvalue weighted by Gasteiger charge is -2.08. The van der Waals surface area contributed by atoms with E-state index in [9.17, 15) is 4.79 Å². The van der Waals surface area contributed by atoms with Crippen LogP contribution in [0.2, 0.25) is 0 Å². The van der Waals surface area contributed by atoms with Gasteiger partial charge < -0.3 is 14.5 Å². The lowest BCUT2D eigenvalue weighted by molar-refractivity contribution is 0.102. The molecule has 0 bridgehead atoms. The fraction of sp³-hybridized carbons (Fsp3) is 0.0870. The summed E-state index contributed by atoms with van der Waals surface area (Å²) in [5, 5.41) is 7.08. The third-order valence-electron chi connectivity index (χ3n) is 5.11. The van der Waals surface area contributed by atoms with Crippen molar-refractivity contribution in [3.63, 3.8) is 0 Å². The number of pyridine rings is 1. The molecule has 0 aliphatic rings. The summed E-state index contributed by atoms with van der Waals surface area (Å²) in [7, 11) is 3.94. The van der Waals surface area contributed by atoms with Gasteiger partial charge in [0.15, 0.2) is 0 Å². The molecule has 0 unspecified atom stereocenters. The van der Waals surface area contributed by atoms with Crippen LogP contribution in [0.15, 0.2) is 73.6 Å². The molecule has 0 saturated heterocycles. The fourth-order valence-corrected chi connectivity index (χ4v) is 3.61. The zero-order chi connectivity index (χ0) is 20.0. The Labute approximate surface area is 167 Å². The maximum Gasteiger partial charge on any atom is 0.256 e. The van der Waals surface area contributed by atoms with Gasteiger partial charge in [-0.2, -0.15) is 0 Å². The van der Waals surface area contributed by atoms with Crippen LogP contribution in [-0.4, -0.2) is 25.0 Å². The number of fused-ring (bicyclic) bond motifs is 2. The quantitative estimate of drug-likeness (QED) is 0.504. The fourth-order valence-electron chi connectivity index (χ4n) is 3.61. The van der Waals surface area contributed by atoms with Gasteiger partial charge >= 0.3 is 0 Å². The minimum absolute atomic E-state index is 0.176. The molecule has 142 valence electrons. The summed E-state index contributed by atoms with van der Waals surface area (Å²) in [5.41, 5.74) is 2.70. The Hall–Kier alpha value is -3.93. The molecule has 0 spiro atoms. The van der Waals surface area contributed by atoms with E-state index in [-0.39, 0.29) is 5.91 Å². The Morgan fingerprint density at radius 3 is 2.55 bits per heavy atom. The Bertz CT molecular complexity index is 1380. The number of hydrogen-bond acceptors (Lipinski definition) is 3. The molecule has 6 nitrogen and oxygen atoms in total. The molecule has 6 heteroatoms. The van der Waals surface area contributed by atoms with E-state index in [1.165, 1.54) is 0 Å². The van der Waals surface area contributed by atoms with E-state index in [2.05, 4.69) is 21.4 Å². The van der Waals surface area contributed by atoms with E-state index in [0.29, 0.717) is 11.4 Å².